The molecule has 1 saturated heterocycles. The molecule has 1 fully saturated rings. The van der Waals surface area contributed by atoms with Gasteiger partial charge in [-0.1, -0.05) is 44.2 Å². The molecular weight excluding hydrogens is 424 g/mol. The third-order valence-electron chi connectivity index (χ3n) is 6.93. The van der Waals surface area contributed by atoms with E-state index in [2.05, 4.69) is 92.8 Å². The summed E-state index contributed by atoms with van der Waals surface area (Å²) >= 11 is 1.66. The number of nitrogens with one attached hydrogen (secondary N) is 1. The highest BCUT2D eigenvalue weighted by Crippen LogP contribution is 2.34. The Kier molecular flexibility index (Phi) is 7.20. The van der Waals surface area contributed by atoms with Crippen molar-refractivity contribution in [3.63, 3.8) is 0 Å². The highest BCUT2D eigenvalue weighted by molar-refractivity contribution is 8.00. The Morgan fingerprint density at radius 2 is 1.73 bits per heavy atom. The molecule has 5 heteroatoms. The molecule has 1 aromatic heterocycles. The van der Waals surface area contributed by atoms with Crippen LogP contribution in [-0.4, -0.2) is 27.8 Å². The van der Waals surface area contributed by atoms with E-state index in [0.717, 1.165) is 17.8 Å². The molecular formula is C28H38N4S. The minimum atomic E-state index is 0.0709. The van der Waals surface area contributed by atoms with E-state index in [1.807, 2.05) is 11.7 Å². The Bertz CT molecular complexity index is 1080. The van der Waals surface area contributed by atoms with Gasteiger partial charge in [0.05, 0.1) is 17.1 Å². The van der Waals surface area contributed by atoms with Crippen LogP contribution in [0.4, 0.5) is 5.69 Å². The van der Waals surface area contributed by atoms with Gasteiger partial charge in [-0.2, -0.15) is 5.10 Å². The van der Waals surface area contributed by atoms with E-state index in [-0.39, 0.29) is 5.54 Å². The molecule has 0 saturated carbocycles. The number of aryl methyl sites for hydroxylation is 1. The lowest BCUT2D eigenvalue weighted by atomic mass is 9.90. The molecule has 0 spiro atoms. The van der Waals surface area contributed by atoms with Gasteiger partial charge in [0, 0.05) is 17.5 Å². The van der Waals surface area contributed by atoms with E-state index in [1.165, 1.54) is 53.2 Å². The quantitative estimate of drug-likeness (QED) is 0.364. The van der Waals surface area contributed by atoms with Gasteiger partial charge in [0.2, 0.25) is 0 Å². The van der Waals surface area contributed by atoms with Crippen molar-refractivity contribution in [2.75, 3.05) is 17.8 Å². The van der Waals surface area contributed by atoms with E-state index >= 15 is 0 Å². The fraction of sp³-hybridized carbons (Fsp3) is 0.464. The molecule has 0 radical (unpaired) electrons. The molecule has 1 N–H and O–H groups in total. The molecule has 176 valence electrons. The lowest BCUT2D eigenvalue weighted by Gasteiger charge is -2.36. The fourth-order valence-corrected chi connectivity index (χ4v) is 5.46. The Morgan fingerprint density at radius 1 is 1.03 bits per heavy atom. The molecule has 1 aliphatic heterocycles. The van der Waals surface area contributed by atoms with Gasteiger partial charge >= 0.3 is 0 Å². The first kappa shape index (κ1) is 23.9. The van der Waals surface area contributed by atoms with Crippen LogP contribution in [-0.2, 0) is 19.0 Å². The van der Waals surface area contributed by atoms with E-state index < -0.39 is 0 Å². The summed E-state index contributed by atoms with van der Waals surface area (Å²) < 4.78 is 5.54. The average Bonchev–Trinajstić information content (AvgIpc) is 3.42. The summed E-state index contributed by atoms with van der Waals surface area (Å²) in [6.45, 7) is 13.7. The summed E-state index contributed by atoms with van der Waals surface area (Å²) in [6, 6.07) is 18.0. The highest BCUT2D eigenvalue weighted by Gasteiger charge is 2.30. The van der Waals surface area contributed by atoms with Crippen LogP contribution in [0.15, 0.2) is 53.4 Å². The zero-order chi connectivity index (χ0) is 23.6. The average molecular weight is 463 g/mol. The van der Waals surface area contributed by atoms with Crippen LogP contribution in [0.3, 0.4) is 0 Å². The molecule has 33 heavy (non-hydrogen) atoms. The van der Waals surface area contributed by atoms with Crippen LogP contribution in [0.25, 0.3) is 11.1 Å². The summed E-state index contributed by atoms with van der Waals surface area (Å²) in [5.41, 5.74) is 7.48. The molecule has 0 unspecified atom stereocenters. The summed E-state index contributed by atoms with van der Waals surface area (Å²) in [4.78, 5) is 3.82. The van der Waals surface area contributed by atoms with Crippen LogP contribution in [0.2, 0.25) is 0 Å². The normalized spacial score (nSPS) is 14.9. The zero-order valence-corrected chi connectivity index (χ0v) is 21.8. The summed E-state index contributed by atoms with van der Waals surface area (Å²) in [7, 11) is 2.02. The molecule has 0 bridgehead atoms. The van der Waals surface area contributed by atoms with Crippen molar-refractivity contribution in [3.8, 4) is 11.1 Å². The Balaban J connectivity index is 1.47. The number of hydrogen-bond donors (Lipinski definition) is 1. The number of aromatic nitrogens is 2. The number of nitrogens with zero attached hydrogens (tertiary/aromatic N) is 3. The largest absolute Gasteiger partial charge is 0.323 e. The molecule has 0 amide bonds. The van der Waals surface area contributed by atoms with Gasteiger partial charge in [-0.3, -0.25) is 9.58 Å². The van der Waals surface area contributed by atoms with Crippen molar-refractivity contribution in [1.82, 2.24) is 14.7 Å². The van der Waals surface area contributed by atoms with Gasteiger partial charge in [-0.05, 0) is 106 Å². The molecule has 3 aromatic rings. The lowest BCUT2D eigenvalue weighted by Crippen LogP contribution is -2.39. The number of benzene rings is 2. The van der Waals surface area contributed by atoms with Crippen molar-refractivity contribution in [2.24, 2.45) is 13.0 Å². The van der Waals surface area contributed by atoms with Crippen LogP contribution in [0, 0.1) is 12.8 Å². The summed E-state index contributed by atoms with van der Waals surface area (Å²) in [5.74, 6) is 0.579. The lowest BCUT2D eigenvalue weighted by molar-refractivity contribution is 0.155. The van der Waals surface area contributed by atoms with Crippen LogP contribution >= 0.6 is 11.9 Å². The first-order valence-corrected chi connectivity index (χ1v) is 13.0. The van der Waals surface area contributed by atoms with Gasteiger partial charge in [0.1, 0.15) is 0 Å². The third-order valence-corrected chi connectivity index (χ3v) is 7.75. The van der Waals surface area contributed by atoms with Gasteiger partial charge in [0.15, 0.2) is 0 Å². The minimum absolute atomic E-state index is 0.0709. The molecule has 4 rings (SSSR count). The number of hydrogen-bond acceptors (Lipinski definition) is 4. The van der Waals surface area contributed by atoms with Gasteiger partial charge in [-0.25, -0.2) is 0 Å². The SMILES string of the molecule is Cc1c(NSc2ccc(-c3cccc(C(C)(C)N4CCCC4)c3)cc2)c(CC(C)C)nn1C. The summed E-state index contributed by atoms with van der Waals surface area (Å²) in [6.07, 6.45) is 3.61. The zero-order valence-electron chi connectivity index (χ0n) is 21.0. The predicted molar refractivity (Wildman–Crippen MR) is 142 cm³/mol. The third kappa shape index (κ3) is 5.30. The maximum absolute atomic E-state index is 4.71. The second kappa shape index (κ2) is 9.94. The number of anilines is 1. The monoisotopic (exact) mass is 462 g/mol. The fourth-order valence-electron chi connectivity index (χ4n) is 4.70. The van der Waals surface area contributed by atoms with Crippen LogP contribution in [0.5, 0.6) is 0 Å². The first-order chi connectivity index (χ1) is 15.8. The van der Waals surface area contributed by atoms with Crippen molar-refractivity contribution in [3.05, 3.63) is 65.5 Å². The van der Waals surface area contributed by atoms with E-state index in [1.54, 1.807) is 11.9 Å². The van der Waals surface area contributed by atoms with E-state index in [4.69, 9.17) is 5.10 Å². The Hall–Kier alpha value is -2.24. The number of rotatable bonds is 8. The van der Waals surface area contributed by atoms with Gasteiger partial charge < -0.3 is 4.72 Å². The van der Waals surface area contributed by atoms with E-state index in [9.17, 15) is 0 Å². The predicted octanol–water partition coefficient (Wildman–Crippen LogP) is 7.04. The van der Waals surface area contributed by atoms with Crippen LogP contribution in [0.1, 0.15) is 57.5 Å². The smallest absolute Gasteiger partial charge is 0.0890 e. The van der Waals surface area contributed by atoms with Crippen molar-refractivity contribution in [1.29, 1.82) is 0 Å². The molecule has 0 atom stereocenters. The highest BCUT2D eigenvalue weighted by atomic mass is 32.2. The van der Waals surface area contributed by atoms with Gasteiger partial charge in [0.25, 0.3) is 0 Å². The van der Waals surface area contributed by atoms with Gasteiger partial charge in [-0.15, -0.1) is 0 Å². The number of likely N-dealkylation sites (tertiary alicyclic amines) is 1. The first-order valence-electron chi connectivity index (χ1n) is 12.2. The Labute approximate surface area is 203 Å². The van der Waals surface area contributed by atoms with Crippen molar-refractivity contribution in [2.45, 2.75) is 64.3 Å². The maximum Gasteiger partial charge on any atom is 0.0890 e. The molecule has 2 aromatic carbocycles. The summed E-state index contributed by atoms with van der Waals surface area (Å²) in [5, 5.41) is 4.71. The second-order valence-corrected chi connectivity index (χ2v) is 11.1. The van der Waals surface area contributed by atoms with Crippen LogP contribution < -0.4 is 4.72 Å². The molecule has 1 aliphatic rings. The Morgan fingerprint density at radius 3 is 2.39 bits per heavy atom. The molecule has 4 nitrogen and oxygen atoms in total. The minimum Gasteiger partial charge on any atom is -0.323 e. The van der Waals surface area contributed by atoms with E-state index in [0.29, 0.717) is 5.92 Å². The topological polar surface area (TPSA) is 33.1 Å². The second-order valence-electron chi connectivity index (χ2n) is 10.2. The standard InChI is InChI=1S/C28H38N4S/c1-20(2)18-26-27(21(3)31(6)29-26)30-33-25-14-12-22(13-15-25)23-10-9-11-24(19-23)28(4,5)32-16-7-8-17-32/h9-15,19-20,30H,7-8,16-18H2,1-6H3. The molecule has 2 heterocycles. The van der Waals surface area contributed by atoms with Crippen molar-refractivity contribution < 1.29 is 0 Å². The maximum atomic E-state index is 4.71. The molecule has 0 aliphatic carbocycles. The van der Waals surface area contributed by atoms with Crippen molar-refractivity contribution >= 4 is 17.6 Å².